The molecule has 4 aromatic rings. The van der Waals surface area contributed by atoms with Gasteiger partial charge in [0, 0.05) is 45.3 Å². The lowest BCUT2D eigenvalue weighted by Gasteiger charge is -2.17. The molecule has 0 spiro atoms. The molecule has 0 unspecified atom stereocenters. The molecule has 0 amide bonds. The van der Waals surface area contributed by atoms with Crippen molar-refractivity contribution >= 4 is 45.7 Å². The third-order valence-electron chi connectivity index (χ3n) is 5.24. The van der Waals surface area contributed by atoms with E-state index in [-0.39, 0.29) is 56.4 Å². The molecule has 0 bridgehead atoms. The van der Waals surface area contributed by atoms with Crippen LogP contribution in [-0.2, 0) is 0 Å². The van der Waals surface area contributed by atoms with Gasteiger partial charge in [-0.15, -0.1) is 0 Å². The van der Waals surface area contributed by atoms with Crippen LogP contribution in [0.1, 0.15) is 31.8 Å². The van der Waals surface area contributed by atoms with Gasteiger partial charge < -0.3 is 39.1 Å². The summed E-state index contributed by atoms with van der Waals surface area (Å²) in [5, 5.41) is 0. The molecule has 0 fully saturated rings. The molecule has 176 valence electrons. The molecule has 0 atom stereocenters. The number of ketones is 2. The van der Waals surface area contributed by atoms with E-state index in [1.165, 1.54) is 48.5 Å². The van der Waals surface area contributed by atoms with Gasteiger partial charge in [0.05, 0.1) is 11.1 Å². The van der Waals surface area contributed by atoms with Gasteiger partial charge in [-0.2, -0.15) is 0 Å². The Hall–Kier alpha value is -5.18. The zero-order valence-corrected chi connectivity index (χ0v) is 18.6. The van der Waals surface area contributed by atoms with Crippen molar-refractivity contribution in [1.82, 2.24) is 0 Å². The Bertz CT molecular complexity index is 1420. The molecule has 0 saturated carbocycles. The first-order valence-corrected chi connectivity index (χ1v) is 10.5. The highest BCUT2D eigenvalue weighted by Gasteiger charge is 2.27. The third-order valence-corrected chi connectivity index (χ3v) is 5.24. The zero-order chi connectivity index (χ0) is 25.3. The van der Waals surface area contributed by atoms with E-state index in [0.29, 0.717) is 11.4 Å². The molecule has 0 aliphatic rings. The van der Waals surface area contributed by atoms with Crippen LogP contribution in [0.25, 0.3) is 0 Å². The number of ether oxygens (including phenoxy) is 1. The summed E-state index contributed by atoms with van der Waals surface area (Å²) in [6.07, 6.45) is 0. The Morgan fingerprint density at radius 2 is 0.971 bits per heavy atom. The van der Waals surface area contributed by atoms with Gasteiger partial charge in [0.15, 0.2) is 11.6 Å². The summed E-state index contributed by atoms with van der Waals surface area (Å²) in [6, 6.07) is 18.4. The fourth-order valence-corrected chi connectivity index (χ4v) is 3.72. The molecule has 9 heteroatoms. The smallest absolute Gasteiger partial charge is 0.197 e. The van der Waals surface area contributed by atoms with Crippen molar-refractivity contribution in [2.24, 2.45) is 0 Å². The third kappa shape index (κ3) is 4.79. The molecule has 9 nitrogen and oxygen atoms in total. The predicted molar refractivity (Wildman–Crippen MR) is 139 cm³/mol. The van der Waals surface area contributed by atoms with Crippen molar-refractivity contribution in [3.63, 3.8) is 0 Å². The second-order valence-electron chi connectivity index (χ2n) is 8.01. The van der Waals surface area contributed by atoms with Crippen molar-refractivity contribution in [2.75, 3.05) is 34.4 Å². The summed E-state index contributed by atoms with van der Waals surface area (Å²) in [7, 11) is 0. The van der Waals surface area contributed by atoms with Gasteiger partial charge in [-0.25, -0.2) is 0 Å². The SMILES string of the molecule is Nc1ccc(Oc2ccc(N)c(C(=O)c3cc(N)cc(N)c3)c2C(=O)c2cc(N)cc(N)c2)cc1. The van der Waals surface area contributed by atoms with Gasteiger partial charge in [-0.05, 0) is 72.8 Å². The molecule has 0 aromatic heterocycles. The van der Waals surface area contributed by atoms with Gasteiger partial charge in [-0.3, -0.25) is 9.59 Å². The molecule has 35 heavy (non-hydrogen) atoms. The van der Waals surface area contributed by atoms with Crippen LogP contribution in [0.5, 0.6) is 11.5 Å². The number of hydrogen-bond donors (Lipinski definition) is 6. The number of anilines is 6. The number of carbonyl (C=O) groups excluding carboxylic acids is 2. The molecule has 0 heterocycles. The van der Waals surface area contributed by atoms with Crippen molar-refractivity contribution < 1.29 is 14.3 Å². The van der Waals surface area contributed by atoms with E-state index in [4.69, 9.17) is 39.1 Å². The van der Waals surface area contributed by atoms with E-state index in [1.807, 2.05) is 0 Å². The van der Waals surface area contributed by atoms with E-state index in [1.54, 1.807) is 24.3 Å². The van der Waals surface area contributed by atoms with Crippen LogP contribution in [0.15, 0.2) is 72.8 Å². The van der Waals surface area contributed by atoms with E-state index in [2.05, 4.69) is 0 Å². The highest BCUT2D eigenvalue weighted by Crippen LogP contribution is 2.35. The normalized spacial score (nSPS) is 10.6. The molecule has 12 N–H and O–H groups in total. The number of nitrogen functional groups attached to an aromatic ring is 6. The minimum Gasteiger partial charge on any atom is -0.457 e. The number of benzene rings is 4. The summed E-state index contributed by atoms with van der Waals surface area (Å²) in [4.78, 5) is 27.4. The summed E-state index contributed by atoms with van der Waals surface area (Å²) in [5.41, 5.74) is 37.6. The van der Waals surface area contributed by atoms with Crippen LogP contribution in [-0.4, -0.2) is 11.6 Å². The lowest BCUT2D eigenvalue weighted by Crippen LogP contribution is -2.16. The zero-order valence-electron chi connectivity index (χ0n) is 18.6. The quantitative estimate of drug-likeness (QED) is 0.181. The van der Waals surface area contributed by atoms with Gasteiger partial charge in [-0.1, -0.05) is 0 Å². The second kappa shape index (κ2) is 8.99. The Balaban J connectivity index is 1.94. The van der Waals surface area contributed by atoms with Crippen molar-refractivity contribution in [1.29, 1.82) is 0 Å². The van der Waals surface area contributed by atoms with Crippen LogP contribution >= 0.6 is 0 Å². The maximum atomic E-state index is 13.8. The molecule has 0 radical (unpaired) electrons. The Kier molecular flexibility index (Phi) is 5.90. The topological polar surface area (TPSA) is 199 Å². The first-order chi connectivity index (χ1) is 16.6. The highest BCUT2D eigenvalue weighted by molar-refractivity contribution is 6.23. The largest absolute Gasteiger partial charge is 0.457 e. The summed E-state index contributed by atoms with van der Waals surface area (Å²) < 4.78 is 6.00. The van der Waals surface area contributed by atoms with Crippen molar-refractivity contribution in [3.8, 4) is 11.5 Å². The average molecular weight is 469 g/mol. The van der Waals surface area contributed by atoms with Gasteiger partial charge in [0.1, 0.15) is 11.5 Å². The number of rotatable bonds is 6. The van der Waals surface area contributed by atoms with Crippen LogP contribution in [0.4, 0.5) is 34.1 Å². The molecule has 0 aliphatic carbocycles. The maximum absolute atomic E-state index is 13.8. The van der Waals surface area contributed by atoms with Crippen molar-refractivity contribution in [2.45, 2.75) is 0 Å². The fourth-order valence-electron chi connectivity index (χ4n) is 3.72. The molecule has 4 rings (SSSR count). The van der Waals surface area contributed by atoms with E-state index in [9.17, 15) is 9.59 Å². The van der Waals surface area contributed by atoms with E-state index >= 15 is 0 Å². The first-order valence-electron chi connectivity index (χ1n) is 10.5. The highest BCUT2D eigenvalue weighted by atomic mass is 16.5. The van der Waals surface area contributed by atoms with Crippen molar-refractivity contribution in [3.05, 3.63) is 95.1 Å². The standard InChI is InChI=1S/C26H24N6O3/c27-15-1-3-20(4-2-15)35-22-6-5-21(32)23(25(33)13-7-16(28)11-17(29)8-13)24(22)26(34)14-9-18(30)12-19(31)10-14/h1-12H,27-32H2. The maximum Gasteiger partial charge on any atom is 0.197 e. The van der Waals surface area contributed by atoms with Crippen LogP contribution in [0.3, 0.4) is 0 Å². The molecule has 0 saturated heterocycles. The first kappa shape index (κ1) is 23.0. The number of carbonyl (C=O) groups is 2. The fraction of sp³-hybridized carbons (Fsp3) is 0. The van der Waals surface area contributed by atoms with E-state index in [0.717, 1.165) is 0 Å². The molecular formula is C26H24N6O3. The Labute approximate surface area is 201 Å². The van der Waals surface area contributed by atoms with Crippen LogP contribution in [0, 0.1) is 0 Å². The molecule has 4 aromatic carbocycles. The lowest BCUT2D eigenvalue weighted by molar-refractivity contribution is 0.100. The lowest BCUT2D eigenvalue weighted by atomic mass is 9.90. The minimum absolute atomic E-state index is 0.0576. The summed E-state index contributed by atoms with van der Waals surface area (Å²) in [6.45, 7) is 0. The summed E-state index contributed by atoms with van der Waals surface area (Å²) >= 11 is 0. The van der Waals surface area contributed by atoms with Gasteiger partial charge >= 0.3 is 0 Å². The Morgan fingerprint density at radius 1 is 0.514 bits per heavy atom. The van der Waals surface area contributed by atoms with Crippen LogP contribution < -0.4 is 39.1 Å². The summed E-state index contributed by atoms with van der Waals surface area (Å²) in [5.74, 6) is -0.599. The van der Waals surface area contributed by atoms with Gasteiger partial charge in [0.25, 0.3) is 0 Å². The van der Waals surface area contributed by atoms with E-state index < -0.39 is 11.6 Å². The predicted octanol–water partition coefficient (Wildman–Crippen LogP) is 3.43. The van der Waals surface area contributed by atoms with Gasteiger partial charge in [0.2, 0.25) is 0 Å². The average Bonchev–Trinajstić information content (AvgIpc) is 2.79. The second-order valence-corrected chi connectivity index (χ2v) is 8.01. The monoisotopic (exact) mass is 468 g/mol. The van der Waals surface area contributed by atoms with Crippen LogP contribution in [0.2, 0.25) is 0 Å². The molecule has 0 aliphatic heterocycles. The minimum atomic E-state index is -0.554. The number of nitrogens with two attached hydrogens (primary N) is 6. The molecular weight excluding hydrogens is 444 g/mol. The number of hydrogen-bond acceptors (Lipinski definition) is 9. The Morgan fingerprint density at radius 3 is 1.46 bits per heavy atom.